The van der Waals surface area contributed by atoms with Gasteiger partial charge in [-0.2, -0.15) is 18.2 Å². The van der Waals surface area contributed by atoms with Gasteiger partial charge in [-0.05, 0) is 53.7 Å². The molecule has 0 unspecified atom stereocenters. The lowest BCUT2D eigenvalue weighted by molar-refractivity contribution is -0.137. The maximum absolute atomic E-state index is 13.0. The molecule has 4 rings (SSSR count). The Kier molecular flexibility index (Phi) is 5.79. The summed E-state index contributed by atoms with van der Waals surface area (Å²) in [5.41, 5.74) is 0.756. The lowest BCUT2D eigenvalue weighted by atomic mass is 10.1. The molecule has 2 heterocycles. The molecule has 0 bridgehead atoms. The van der Waals surface area contributed by atoms with Gasteiger partial charge in [0, 0.05) is 36.9 Å². The Morgan fingerprint density at radius 1 is 1.00 bits per heavy atom. The number of carbonyl (C=O) groups is 1. The molecule has 2 aliphatic heterocycles. The van der Waals surface area contributed by atoms with Gasteiger partial charge in [-0.15, -0.1) is 0 Å². The van der Waals surface area contributed by atoms with Crippen LogP contribution in [-0.2, 0) is 11.0 Å². The molecule has 0 atom stereocenters. The number of amidine groups is 1. The van der Waals surface area contributed by atoms with Gasteiger partial charge >= 0.3 is 6.18 Å². The summed E-state index contributed by atoms with van der Waals surface area (Å²) >= 11 is 7.20. The first-order valence-corrected chi connectivity index (χ1v) is 10.4. The zero-order chi connectivity index (χ0) is 21.3. The van der Waals surface area contributed by atoms with Crippen LogP contribution in [0.3, 0.4) is 0 Å². The number of anilines is 1. The fourth-order valence-electron chi connectivity index (χ4n) is 3.28. The fourth-order valence-corrected chi connectivity index (χ4v) is 4.37. The second kappa shape index (κ2) is 8.35. The normalized spacial score (nSPS) is 18.9. The van der Waals surface area contributed by atoms with E-state index < -0.39 is 11.7 Å². The van der Waals surface area contributed by atoms with Gasteiger partial charge in [0.1, 0.15) is 0 Å². The standard InChI is InChI=1S/C21H17ClF3N3OS/c22-16-6-4-14(5-7-16)12-18-19(29)26-20(30-18)28-10-8-27(9-11-28)17-3-1-2-15(13-17)21(23,24)25/h1-7,12-13H,8-11H2. The van der Waals surface area contributed by atoms with E-state index in [0.717, 1.165) is 11.6 Å². The van der Waals surface area contributed by atoms with Crippen LogP contribution < -0.4 is 4.90 Å². The van der Waals surface area contributed by atoms with Crippen LogP contribution in [0, 0.1) is 0 Å². The van der Waals surface area contributed by atoms with E-state index in [2.05, 4.69) is 4.99 Å². The molecule has 0 spiro atoms. The number of aliphatic imine (C=N–C) groups is 1. The number of hydrogen-bond acceptors (Lipinski definition) is 4. The van der Waals surface area contributed by atoms with E-state index in [1.165, 1.54) is 23.9 Å². The lowest BCUT2D eigenvalue weighted by Crippen LogP contribution is -2.47. The van der Waals surface area contributed by atoms with Crippen molar-refractivity contribution in [3.8, 4) is 0 Å². The van der Waals surface area contributed by atoms with E-state index in [1.807, 2.05) is 21.9 Å². The first kappa shape index (κ1) is 20.8. The summed E-state index contributed by atoms with van der Waals surface area (Å²) in [6, 6.07) is 12.5. The largest absolute Gasteiger partial charge is 0.416 e. The summed E-state index contributed by atoms with van der Waals surface area (Å²) in [6.07, 6.45) is -2.58. The number of thioether (sulfide) groups is 1. The molecule has 1 fully saturated rings. The van der Waals surface area contributed by atoms with E-state index in [9.17, 15) is 18.0 Å². The van der Waals surface area contributed by atoms with Crippen LogP contribution in [0.2, 0.25) is 5.02 Å². The van der Waals surface area contributed by atoms with Crippen molar-refractivity contribution < 1.29 is 18.0 Å². The molecule has 2 aliphatic rings. The van der Waals surface area contributed by atoms with E-state index in [-0.39, 0.29) is 5.91 Å². The van der Waals surface area contributed by atoms with Crippen molar-refractivity contribution in [1.82, 2.24) is 4.90 Å². The minimum Gasteiger partial charge on any atom is -0.368 e. The maximum atomic E-state index is 13.0. The second-order valence-corrected chi connectivity index (χ2v) is 8.33. The molecule has 0 aliphatic carbocycles. The second-order valence-electron chi connectivity index (χ2n) is 6.88. The number of piperazine rings is 1. The molecule has 156 valence electrons. The third-order valence-electron chi connectivity index (χ3n) is 4.87. The average molecular weight is 452 g/mol. The molecule has 30 heavy (non-hydrogen) atoms. The van der Waals surface area contributed by atoms with Gasteiger partial charge in [0.25, 0.3) is 5.91 Å². The van der Waals surface area contributed by atoms with E-state index in [0.29, 0.717) is 47.0 Å². The average Bonchev–Trinajstić information content (AvgIpc) is 3.10. The molecule has 4 nitrogen and oxygen atoms in total. The van der Waals surface area contributed by atoms with E-state index >= 15 is 0 Å². The van der Waals surface area contributed by atoms with Crippen molar-refractivity contribution in [3.63, 3.8) is 0 Å². The van der Waals surface area contributed by atoms with Gasteiger partial charge in [0.2, 0.25) is 0 Å². The Labute approximate surface area is 181 Å². The SMILES string of the molecule is O=C1N=C(N2CCN(c3cccc(C(F)(F)F)c3)CC2)SC1=Cc1ccc(Cl)cc1. The van der Waals surface area contributed by atoms with Crippen molar-refractivity contribution in [3.05, 3.63) is 69.6 Å². The summed E-state index contributed by atoms with van der Waals surface area (Å²) in [4.78, 5) is 20.9. The maximum Gasteiger partial charge on any atom is 0.416 e. The molecule has 0 saturated carbocycles. The summed E-state index contributed by atoms with van der Waals surface area (Å²) in [5, 5.41) is 1.25. The highest BCUT2D eigenvalue weighted by Crippen LogP contribution is 2.33. The Morgan fingerprint density at radius 3 is 2.33 bits per heavy atom. The predicted octanol–water partition coefficient (Wildman–Crippen LogP) is 5.15. The number of alkyl halides is 3. The smallest absolute Gasteiger partial charge is 0.368 e. The third-order valence-corrected chi connectivity index (χ3v) is 6.16. The number of carbonyl (C=O) groups excluding carboxylic acids is 1. The molecule has 1 amide bonds. The highest BCUT2D eigenvalue weighted by atomic mass is 35.5. The molecule has 0 N–H and O–H groups in total. The molecule has 1 saturated heterocycles. The molecule has 0 aromatic heterocycles. The quantitative estimate of drug-likeness (QED) is 0.591. The Balaban J connectivity index is 1.40. The zero-order valence-electron chi connectivity index (χ0n) is 15.7. The summed E-state index contributed by atoms with van der Waals surface area (Å²) in [5.74, 6) is -0.287. The number of amides is 1. The van der Waals surface area contributed by atoms with Crippen LogP contribution >= 0.6 is 23.4 Å². The van der Waals surface area contributed by atoms with Crippen molar-refractivity contribution in [1.29, 1.82) is 0 Å². The molecular weight excluding hydrogens is 435 g/mol. The minimum atomic E-state index is -4.36. The topological polar surface area (TPSA) is 35.9 Å². The highest BCUT2D eigenvalue weighted by molar-refractivity contribution is 8.18. The lowest BCUT2D eigenvalue weighted by Gasteiger charge is -2.36. The van der Waals surface area contributed by atoms with E-state index in [4.69, 9.17) is 11.6 Å². The van der Waals surface area contributed by atoms with Gasteiger partial charge < -0.3 is 9.80 Å². The zero-order valence-corrected chi connectivity index (χ0v) is 17.3. The van der Waals surface area contributed by atoms with E-state index in [1.54, 1.807) is 24.3 Å². The Hall–Kier alpha value is -2.45. The van der Waals surface area contributed by atoms with Gasteiger partial charge in [-0.25, -0.2) is 0 Å². The molecule has 2 aromatic rings. The van der Waals surface area contributed by atoms with Crippen molar-refractivity contribution in [2.45, 2.75) is 6.18 Å². The molecular formula is C21H17ClF3N3OS. The molecule has 2 aromatic carbocycles. The van der Waals surface area contributed by atoms with Crippen molar-refractivity contribution in [2.75, 3.05) is 31.1 Å². The summed E-state index contributed by atoms with van der Waals surface area (Å²) in [6.45, 7) is 2.24. The minimum absolute atomic E-state index is 0.287. The summed E-state index contributed by atoms with van der Waals surface area (Å²) in [7, 11) is 0. The predicted molar refractivity (Wildman–Crippen MR) is 115 cm³/mol. The van der Waals surface area contributed by atoms with Gasteiger partial charge in [0.05, 0.1) is 10.5 Å². The first-order chi connectivity index (χ1) is 14.3. The molecule has 0 radical (unpaired) electrons. The number of rotatable bonds is 2. The van der Waals surface area contributed by atoms with Crippen LogP contribution in [0.1, 0.15) is 11.1 Å². The summed E-state index contributed by atoms with van der Waals surface area (Å²) < 4.78 is 38.9. The van der Waals surface area contributed by atoms with Crippen molar-refractivity contribution in [2.24, 2.45) is 4.99 Å². The van der Waals surface area contributed by atoms with Gasteiger partial charge in [-0.3, -0.25) is 4.79 Å². The number of halogens is 4. The van der Waals surface area contributed by atoms with Crippen LogP contribution in [0.5, 0.6) is 0 Å². The van der Waals surface area contributed by atoms with Crippen LogP contribution in [0.25, 0.3) is 6.08 Å². The van der Waals surface area contributed by atoms with Crippen molar-refractivity contribution >= 4 is 46.2 Å². The van der Waals surface area contributed by atoms with Crippen LogP contribution in [0.4, 0.5) is 18.9 Å². The number of hydrogen-bond donors (Lipinski definition) is 0. The fraction of sp³-hybridized carbons (Fsp3) is 0.238. The molecule has 9 heteroatoms. The van der Waals surface area contributed by atoms with Gasteiger partial charge in [-0.1, -0.05) is 29.8 Å². The Morgan fingerprint density at radius 2 is 1.67 bits per heavy atom. The number of benzene rings is 2. The third kappa shape index (κ3) is 4.65. The first-order valence-electron chi connectivity index (χ1n) is 9.25. The monoisotopic (exact) mass is 451 g/mol. The van der Waals surface area contributed by atoms with Crippen LogP contribution in [0.15, 0.2) is 58.4 Å². The number of nitrogens with zero attached hydrogens (tertiary/aromatic N) is 3. The highest BCUT2D eigenvalue weighted by Gasteiger charge is 2.32. The Bertz CT molecular complexity index is 1010. The van der Waals surface area contributed by atoms with Gasteiger partial charge in [0.15, 0.2) is 5.17 Å². The van der Waals surface area contributed by atoms with Crippen LogP contribution in [-0.4, -0.2) is 42.2 Å².